The molecule has 3 rings (SSSR count). The summed E-state index contributed by atoms with van der Waals surface area (Å²) in [4.78, 5) is 26.1. The summed E-state index contributed by atoms with van der Waals surface area (Å²) in [5.41, 5.74) is 1.15. The first-order valence-electron chi connectivity index (χ1n) is 11.8. The minimum absolute atomic E-state index is 0.0142. The van der Waals surface area contributed by atoms with Gasteiger partial charge in [0.1, 0.15) is 12.3 Å². The van der Waals surface area contributed by atoms with Crippen molar-refractivity contribution in [1.29, 1.82) is 0 Å². The van der Waals surface area contributed by atoms with E-state index in [1.807, 2.05) is 12.1 Å². The number of hydrogen-bond acceptors (Lipinski definition) is 4. The average molecular weight is 431 g/mol. The van der Waals surface area contributed by atoms with Gasteiger partial charge in [0.2, 0.25) is 5.91 Å². The van der Waals surface area contributed by atoms with E-state index in [2.05, 4.69) is 30.1 Å². The van der Waals surface area contributed by atoms with E-state index in [0.29, 0.717) is 24.1 Å². The Morgan fingerprint density at radius 3 is 2.65 bits per heavy atom. The minimum Gasteiger partial charge on any atom is -0.508 e. The second-order valence-electron chi connectivity index (χ2n) is 9.93. The molecule has 2 aliphatic rings. The molecule has 6 heteroatoms. The maximum Gasteiger partial charge on any atom is 0.322 e. The molecular formula is C25H38N2O4. The SMILES string of the molecule is CC1CN(CC(CC2CCCCC2)C(=O)NCC(=O)O)CCC1(C)c1cccc(O)c1. The zero-order valence-electron chi connectivity index (χ0n) is 19.0. The Morgan fingerprint density at radius 2 is 2.00 bits per heavy atom. The number of hydrogen-bond donors (Lipinski definition) is 3. The van der Waals surface area contributed by atoms with E-state index in [1.165, 1.54) is 32.1 Å². The van der Waals surface area contributed by atoms with E-state index in [4.69, 9.17) is 5.11 Å². The van der Waals surface area contributed by atoms with Crippen LogP contribution in [0.3, 0.4) is 0 Å². The Kier molecular flexibility index (Phi) is 7.98. The molecule has 6 nitrogen and oxygen atoms in total. The first-order valence-corrected chi connectivity index (χ1v) is 11.8. The van der Waals surface area contributed by atoms with Crippen molar-refractivity contribution in [1.82, 2.24) is 10.2 Å². The number of aliphatic carboxylic acids is 1. The average Bonchev–Trinajstić information content (AvgIpc) is 2.75. The number of nitrogens with one attached hydrogen (secondary N) is 1. The lowest BCUT2D eigenvalue weighted by Crippen LogP contribution is -2.50. The second-order valence-corrected chi connectivity index (χ2v) is 9.93. The van der Waals surface area contributed by atoms with Crippen molar-refractivity contribution in [2.75, 3.05) is 26.2 Å². The first-order chi connectivity index (χ1) is 14.8. The number of carbonyl (C=O) groups is 2. The molecule has 1 aromatic rings. The molecule has 3 unspecified atom stereocenters. The number of aromatic hydroxyl groups is 1. The smallest absolute Gasteiger partial charge is 0.322 e. The van der Waals surface area contributed by atoms with Gasteiger partial charge in [0.05, 0.1) is 5.92 Å². The Balaban J connectivity index is 1.65. The van der Waals surface area contributed by atoms with Gasteiger partial charge in [-0.25, -0.2) is 0 Å². The number of phenolic OH excluding ortho intramolecular Hbond substituents is 1. The Hall–Kier alpha value is -2.08. The second kappa shape index (κ2) is 10.5. The van der Waals surface area contributed by atoms with E-state index in [0.717, 1.165) is 31.5 Å². The van der Waals surface area contributed by atoms with Crippen molar-refractivity contribution in [2.45, 2.75) is 64.2 Å². The van der Waals surface area contributed by atoms with E-state index >= 15 is 0 Å². The van der Waals surface area contributed by atoms with Gasteiger partial charge in [-0.3, -0.25) is 9.59 Å². The standard InChI is InChI=1S/C25H38N2O4/c1-18-16-27(12-11-25(18,2)21-9-6-10-22(28)14-21)17-20(24(31)26-15-23(29)30)13-19-7-4-3-5-8-19/h6,9-10,14,18-20,28H,3-5,7-8,11-13,15-17H2,1-2H3,(H,26,31)(H,29,30). The summed E-state index contributed by atoms with van der Waals surface area (Å²) in [6, 6.07) is 7.58. The number of phenols is 1. The molecule has 1 aliphatic carbocycles. The molecule has 172 valence electrons. The van der Waals surface area contributed by atoms with Gasteiger partial charge >= 0.3 is 5.97 Å². The highest BCUT2D eigenvalue weighted by Gasteiger charge is 2.39. The third-order valence-corrected chi connectivity index (χ3v) is 7.68. The van der Waals surface area contributed by atoms with Crippen LogP contribution in [0.1, 0.15) is 64.4 Å². The highest BCUT2D eigenvalue weighted by Crippen LogP contribution is 2.40. The highest BCUT2D eigenvalue weighted by atomic mass is 16.4. The summed E-state index contributed by atoms with van der Waals surface area (Å²) in [7, 11) is 0. The largest absolute Gasteiger partial charge is 0.508 e. The van der Waals surface area contributed by atoms with Crippen LogP contribution in [0.25, 0.3) is 0 Å². The number of benzene rings is 1. The number of rotatable bonds is 8. The van der Waals surface area contributed by atoms with Gasteiger partial charge in [0, 0.05) is 13.1 Å². The van der Waals surface area contributed by atoms with E-state index < -0.39 is 5.97 Å². The summed E-state index contributed by atoms with van der Waals surface area (Å²) in [6.45, 7) is 6.66. The molecule has 3 atom stereocenters. The maximum absolute atomic E-state index is 12.8. The third kappa shape index (κ3) is 6.22. The van der Waals surface area contributed by atoms with Crippen LogP contribution in [0.5, 0.6) is 5.75 Å². The third-order valence-electron chi connectivity index (χ3n) is 7.68. The molecule has 1 aromatic carbocycles. The highest BCUT2D eigenvalue weighted by molar-refractivity contribution is 5.83. The van der Waals surface area contributed by atoms with Crippen molar-refractivity contribution in [2.24, 2.45) is 17.8 Å². The fraction of sp³-hybridized carbons (Fsp3) is 0.680. The van der Waals surface area contributed by atoms with Crippen LogP contribution < -0.4 is 5.32 Å². The van der Waals surface area contributed by atoms with Crippen molar-refractivity contribution in [3.8, 4) is 5.75 Å². The van der Waals surface area contributed by atoms with Crippen LogP contribution in [0.15, 0.2) is 24.3 Å². The zero-order valence-corrected chi connectivity index (χ0v) is 19.0. The topological polar surface area (TPSA) is 89.9 Å². The quantitative estimate of drug-likeness (QED) is 0.584. The fourth-order valence-electron chi connectivity index (χ4n) is 5.48. The molecule has 0 aromatic heterocycles. The van der Waals surface area contributed by atoms with Crippen LogP contribution in [0.4, 0.5) is 0 Å². The van der Waals surface area contributed by atoms with Crippen LogP contribution in [-0.4, -0.2) is 53.2 Å². The summed E-state index contributed by atoms with van der Waals surface area (Å²) in [6.07, 6.45) is 7.91. The number of carboxylic acid groups (broad SMARTS) is 1. The summed E-state index contributed by atoms with van der Waals surface area (Å²) >= 11 is 0. The normalized spacial score (nSPS) is 26.3. The summed E-state index contributed by atoms with van der Waals surface area (Å²) < 4.78 is 0. The molecule has 0 radical (unpaired) electrons. The van der Waals surface area contributed by atoms with Crippen LogP contribution in [-0.2, 0) is 15.0 Å². The van der Waals surface area contributed by atoms with Gasteiger partial charge in [-0.15, -0.1) is 0 Å². The molecule has 1 amide bonds. The lowest BCUT2D eigenvalue weighted by atomic mass is 9.68. The fourth-order valence-corrected chi connectivity index (χ4v) is 5.48. The zero-order chi connectivity index (χ0) is 22.4. The molecule has 31 heavy (non-hydrogen) atoms. The van der Waals surface area contributed by atoms with Crippen molar-refractivity contribution >= 4 is 11.9 Å². The Morgan fingerprint density at radius 1 is 1.26 bits per heavy atom. The number of amides is 1. The van der Waals surface area contributed by atoms with Crippen LogP contribution in [0, 0.1) is 17.8 Å². The first kappa shape index (κ1) is 23.6. The predicted octanol–water partition coefficient (Wildman–Crippen LogP) is 3.78. The summed E-state index contributed by atoms with van der Waals surface area (Å²) in [5.74, 6) is -0.0504. The number of nitrogens with zero attached hydrogens (tertiary/aromatic N) is 1. The van der Waals surface area contributed by atoms with Crippen molar-refractivity contribution < 1.29 is 19.8 Å². The van der Waals surface area contributed by atoms with Crippen LogP contribution in [0.2, 0.25) is 0 Å². The molecule has 1 saturated heterocycles. The number of carbonyl (C=O) groups excluding carboxylic acids is 1. The van der Waals surface area contributed by atoms with E-state index in [-0.39, 0.29) is 23.8 Å². The van der Waals surface area contributed by atoms with Gasteiger partial charge in [-0.05, 0) is 54.3 Å². The monoisotopic (exact) mass is 430 g/mol. The van der Waals surface area contributed by atoms with Gasteiger partial charge in [0.15, 0.2) is 0 Å². The molecule has 0 spiro atoms. The van der Waals surface area contributed by atoms with Crippen molar-refractivity contribution in [3.05, 3.63) is 29.8 Å². The molecule has 1 heterocycles. The Bertz CT molecular complexity index is 762. The van der Waals surface area contributed by atoms with Crippen LogP contribution >= 0.6 is 0 Å². The summed E-state index contributed by atoms with van der Waals surface area (Å²) in [5, 5.41) is 21.5. The van der Waals surface area contributed by atoms with Gasteiger partial charge in [0.25, 0.3) is 0 Å². The van der Waals surface area contributed by atoms with Crippen molar-refractivity contribution in [3.63, 3.8) is 0 Å². The lowest BCUT2D eigenvalue weighted by molar-refractivity contribution is -0.138. The molecule has 1 saturated carbocycles. The van der Waals surface area contributed by atoms with Gasteiger partial charge < -0.3 is 20.4 Å². The van der Waals surface area contributed by atoms with Gasteiger partial charge in [-0.1, -0.05) is 58.1 Å². The van der Waals surface area contributed by atoms with Gasteiger partial charge in [-0.2, -0.15) is 0 Å². The number of likely N-dealkylation sites (tertiary alicyclic amines) is 1. The maximum atomic E-state index is 12.8. The molecular weight excluding hydrogens is 392 g/mol. The Labute approximate surface area is 186 Å². The molecule has 3 N–H and O–H groups in total. The molecule has 1 aliphatic heterocycles. The molecule has 0 bridgehead atoms. The number of piperidine rings is 1. The predicted molar refractivity (Wildman–Crippen MR) is 121 cm³/mol. The lowest BCUT2D eigenvalue weighted by Gasteiger charge is -2.46. The minimum atomic E-state index is -1.00. The number of carboxylic acids is 1. The molecule has 2 fully saturated rings. The van der Waals surface area contributed by atoms with E-state index in [1.54, 1.807) is 6.07 Å². The van der Waals surface area contributed by atoms with E-state index in [9.17, 15) is 14.7 Å².